The first-order chi connectivity index (χ1) is 16.1. The van der Waals surface area contributed by atoms with Gasteiger partial charge >= 0.3 is 0 Å². The third-order valence-electron chi connectivity index (χ3n) is 5.71. The van der Waals surface area contributed by atoms with Crippen LogP contribution >= 0.6 is 0 Å². The number of aromatic amines is 1. The molecule has 170 valence electrons. The van der Waals surface area contributed by atoms with Crippen molar-refractivity contribution in [1.29, 1.82) is 0 Å². The maximum atomic E-state index is 12.3. The first-order valence-corrected chi connectivity index (χ1v) is 11.3. The number of carbonyl (C=O) groups is 2. The Morgan fingerprint density at radius 1 is 0.970 bits per heavy atom. The molecule has 4 rings (SSSR count). The molecule has 0 spiro atoms. The summed E-state index contributed by atoms with van der Waals surface area (Å²) < 4.78 is 0. The summed E-state index contributed by atoms with van der Waals surface area (Å²) in [6, 6.07) is 11.9. The summed E-state index contributed by atoms with van der Waals surface area (Å²) in [5.74, 6) is -0.597. The molecule has 1 fully saturated rings. The first kappa shape index (κ1) is 22.5. The fourth-order valence-electron chi connectivity index (χ4n) is 3.94. The van der Waals surface area contributed by atoms with E-state index in [9.17, 15) is 14.4 Å². The number of pyridine rings is 1. The number of anilines is 1. The van der Waals surface area contributed by atoms with Crippen LogP contribution in [0.25, 0.3) is 22.6 Å². The van der Waals surface area contributed by atoms with Crippen LogP contribution in [0.1, 0.15) is 32.1 Å². The van der Waals surface area contributed by atoms with E-state index in [1.807, 2.05) is 0 Å². The van der Waals surface area contributed by atoms with Crippen molar-refractivity contribution < 1.29 is 9.59 Å². The number of amides is 1. The Balaban J connectivity index is 1.35. The normalized spacial score (nSPS) is 14.1. The third kappa shape index (κ3) is 6.20. The lowest BCUT2D eigenvalue weighted by Crippen LogP contribution is -2.31. The summed E-state index contributed by atoms with van der Waals surface area (Å²) in [4.78, 5) is 50.2. The molecule has 8 heteroatoms. The summed E-state index contributed by atoms with van der Waals surface area (Å²) in [6.07, 6.45) is 7.92. The number of Topliss-reactive ketones (excluding diaryl/α,β-unsaturated/α-hetero) is 1. The van der Waals surface area contributed by atoms with Crippen LogP contribution in [-0.2, 0) is 9.59 Å². The number of benzene rings is 1. The van der Waals surface area contributed by atoms with Gasteiger partial charge in [-0.25, -0.2) is 4.98 Å². The molecule has 0 radical (unpaired) electrons. The maximum absolute atomic E-state index is 12.3. The van der Waals surface area contributed by atoms with E-state index in [4.69, 9.17) is 0 Å². The van der Waals surface area contributed by atoms with Crippen LogP contribution < -0.4 is 10.9 Å². The standard InChI is InChI=1S/C25H27N5O3/c31-22(5-4-16-30-14-2-1-3-15-30)25(33)27-20-8-6-19(7-9-20)24-28-21(17-23(32)29-24)18-10-12-26-13-11-18/h6-13,17H,1-5,14-16H2,(H,27,33)(H,28,29,32). The van der Waals surface area contributed by atoms with Crippen molar-refractivity contribution in [1.82, 2.24) is 19.9 Å². The SMILES string of the molecule is O=C(CCCN1CCCCC1)C(=O)Nc1ccc(-c2nc(-c3ccncc3)cc(=O)[nH]2)cc1. The molecular formula is C25H27N5O3. The van der Waals surface area contributed by atoms with Gasteiger partial charge in [0, 0.05) is 41.7 Å². The fraction of sp³-hybridized carbons (Fsp3) is 0.320. The molecule has 1 aromatic carbocycles. The van der Waals surface area contributed by atoms with E-state index >= 15 is 0 Å². The average molecular weight is 446 g/mol. The highest BCUT2D eigenvalue weighted by Crippen LogP contribution is 2.21. The molecule has 0 bridgehead atoms. The van der Waals surface area contributed by atoms with Gasteiger partial charge in [0.15, 0.2) is 0 Å². The molecule has 0 saturated carbocycles. The Kier molecular flexibility index (Phi) is 7.36. The number of hydrogen-bond donors (Lipinski definition) is 2. The fourth-order valence-corrected chi connectivity index (χ4v) is 3.94. The number of nitrogens with zero attached hydrogens (tertiary/aromatic N) is 3. The van der Waals surface area contributed by atoms with Crippen LogP contribution in [0.2, 0.25) is 0 Å². The van der Waals surface area contributed by atoms with Gasteiger partial charge in [0.05, 0.1) is 5.69 Å². The Labute approximate surface area is 192 Å². The topological polar surface area (TPSA) is 108 Å². The largest absolute Gasteiger partial charge is 0.319 e. The average Bonchev–Trinajstić information content (AvgIpc) is 2.85. The van der Waals surface area contributed by atoms with Crippen molar-refractivity contribution in [2.45, 2.75) is 32.1 Å². The molecular weight excluding hydrogens is 418 g/mol. The molecule has 0 aliphatic carbocycles. The van der Waals surface area contributed by atoms with E-state index in [-0.39, 0.29) is 12.0 Å². The van der Waals surface area contributed by atoms with Crippen molar-refractivity contribution in [3.8, 4) is 22.6 Å². The van der Waals surface area contributed by atoms with Crippen molar-refractivity contribution in [3.05, 3.63) is 65.2 Å². The monoisotopic (exact) mass is 445 g/mol. The minimum Gasteiger partial charge on any atom is -0.319 e. The smallest absolute Gasteiger partial charge is 0.291 e. The molecule has 0 atom stereocenters. The Bertz CT molecular complexity index is 1150. The number of nitrogens with one attached hydrogen (secondary N) is 2. The van der Waals surface area contributed by atoms with Gasteiger partial charge in [0.1, 0.15) is 5.82 Å². The van der Waals surface area contributed by atoms with Gasteiger partial charge in [0.2, 0.25) is 5.78 Å². The highest BCUT2D eigenvalue weighted by Gasteiger charge is 2.16. The molecule has 1 amide bonds. The van der Waals surface area contributed by atoms with Crippen molar-refractivity contribution in [2.75, 3.05) is 25.0 Å². The molecule has 8 nitrogen and oxygen atoms in total. The zero-order chi connectivity index (χ0) is 23.0. The number of piperidine rings is 1. The number of H-pyrrole nitrogens is 1. The second kappa shape index (κ2) is 10.8. The van der Waals surface area contributed by atoms with Crippen LogP contribution in [-0.4, -0.2) is 51.2 Å². The minimum atomic E-state index is -0.604. The minimum absolute atomic E-state index is 0.243. The molecule has 1 saturated heterocycles. The van der Waals surface area contributed by atoms with Crippen molar-refractivity contribution in [2.24, 2.45) is 0 Å². The van der Waals surface area contributed by atoms with Gasteiger partial charge < -0.3 is 15.2 Å². The molecule has 0 unspecified atom stereocenters. The zero-order valence-corrected chi connectivity index (χ0v) is 18.4. The maximum Gasteiger partial charge on any atom is 0.291 e. The quantitative estimate of drug-likeness (QED) is 0.515. The Morgan fingerprint density at radius 3 is 2.42 bits per heavy atom. The van der Waals surface area contributed by atoms with E-state index in [1.165, 1.54) is 25.3 Å². The molecule has 2 N–H and O–H groups in total. The van der Waals surface area contributed by atoms with E-state index < -0.39 is 11.7 Å². The highest BCUT2D eigenvalue weighted by molar-refractivity contribution is 6.40. The highest BCUT2D eigenvalue weighted by atomic mass is 16.2. The van der Waals surface area contributed by atoms with Crippen molar-refractivity contribution in [3.63, 3.8) is 0 Å². The van der Waals surface area contributed by atoms with Crippen molar-refractivity contribution >= 4 is 17.4 Å². The number of carbonyl (C=O) groups excluding carboxylic acids is 2. The summed E-state index contributed by atoms with van der Waals surface area (Å²) in [5, 5.41) is 2.66. The predicted molar refractivity (Wildman–Crippen MR) is 127 cm³/mol. The molecule has 1 aliphatic heterocycles. The van der Waals surface area contributed by atoms with E-state index in [2.05, 4.69) is 25.2 Å². The van der Waals surface area contributed by atoms with Gasteiger partial charge in [-0.05, 0) is 75.3 Å². The lowest BCUT2D eigenvalue weighted by atomic mass is 10.1. The number of aromatic nitrogens is 3. The Hall–Kier alpha value is -3.65. The van der Waals surface area contributed by atoms with Gasteiger partial charge in [-0.3, -0.25) is 19.4 Å². The van der Waals surface area contributed by atoms with Crippen LogP contribution in [0, 0.1) is 0 Å². The summed E-state index contributed by atoms with van der Waals surface area (Å²) in [5.41, 5.74) is 2.28. The van der Waals surface area contributed by atoms with Crippen LogP contribution in [0.4, 0.5) is 5.69 Å². The second-order valence-electron chi connectivity index (χ2n) is 8.18. The molecule has 33 heavy (non-hydrogen) atoms. The molecule has 2 aromatic heterocycles. The van der Waals surface area contributed by atoms with Gasteiger partial charge in [-0.15, -0.1) is 0 Å². The number of likely N-dealkylation sites (tertiary alicyclic amines) is 1. The summed E-state index contributed by atoms with van der Waals surface area (Å²) >= 11 is 0. The van der Waals surface area contributed by atoms with Crippen LogP contribution in [0.3, 0.4) is 0 Å². The predicted octanol–water partition coefficient (Wildman–Crippen LogP) is 3.27. The lowest BCUT2D eigenvalue weighted by molar-refractivity contribution is -0.134. The Morgan fingerprint density at radius 2 is 1.70 bits per heavy atom. The summed E-state index contributed by atoms with van der Waals surface area (Å²) in [7, 11) is 0. The van der Waals surface area contributed by atoms with Crippen LogP contribution in [0.5, 0.6) is 0 Å². The molecule has 3 aromatic rings. The zero-order valence-electron chi connectivity index (χ0n) is 18.4. The van der Waals surface area contributed by atoms with E-state index in [0.29, 0.717) is 29.2 Å². The number of ketones is 1. The van der Waals surface area contributed by atoms with E-state index in [0.717, 1.165) is 25.2 Å². The number of hydrogen-bond acceptors (Lipinski definition) is 6. The number of rotatable bonds is 8. The third-order valence-corrected chi connectivity index (χ3v) is 5.71. The second-order valence-corrected chi connectivity index (χ2v) is 8.18. The van der Waals surface area contributed by atoms with E-state index in [1.54, 1.807) is 48.8 Å². The summed E-state index contributed by atoms with van der Waals surface area (Å²) in [6.45, 7) is 3.02. The molecule has 1 aliphatic rings. The van der Waals surface area contributed by atoms with Gasteiger partial charge in [-0.2, -0.15) is 0 Å². The van der Waals surface area contributed by atoms with Crippen LogP contribution in [0.15, 0.2) is 59.7 Å². The van der Waals surface area contributed by atoms with Gasteiger partial charge in [-0.1, -0.05) is 6.42 Å². The lowest BCUT2D eigenvalue weighted by Gasteiger charge is -2.26. The molecule has 3 heterocycles. The first-order valence-electron chi connectivity index (χ1n) is 11.3. The van der Waals surface area contributed by atoms with Gasteiger partial charge in [0.25, 0.3) is 11.5 Å².